The summed E-state index contributed by atoms with van der Waals surface area (Å²) in [7, 11) is 1.99. The van der Waals surface area contributed by atoms with Crippen molar-refractivity contribution in [1.82, 2.24) is 19.8 Å². The zero-order valence-electron chi connectivity index (χ0n) is 10.9. The van der Waals surface area contributed by atoms with Gasteiger partial charge >= 0.3 is 0 Å². The van der Waals surface area contributed by atoms with E-state index in [4.69, 9.17) is 4.74 Å². The van der Waals surface area contributed by atoms with E-state index in [-0.39, 0.29) is 5.91 Å². The predicted molar refractivity (Wildman–Crippen MR) is 68.3 cm³/mol. The number of likely N-dealkylation sites (N-methyl/N-ethyl adjacent to an activating group) is 1. The maximum absolute atomic E-state index is 12.2. The number of nitrogens with one attached hydrogen (secondary N) is 1. The second kappa shape index (κ2) is 5.29. The van der Waals surface area contributed by atoms with Gasteiger partial charge in [0.2, 0.25) is 0 Å². The van der Waals surface area contributed by atoms with Crippen LogP contribution in [0.25, 0.3) is 0 Å². The Bertz CT molecular complexity index is 436. The number of rotatable bonds is 3. The largest absolute Gasteiger partial charge is 0.363 e. The van der Waals surface area contributed by atoms with Crippen LogP contribution in [0.5, 0.6) is 0 Å². The van der Waals surface area contributed by atoms with E-state index >= 15 is 0 Å². The van der Waals surface area contributed by atoms with Gasteiger partial charge in [-0.25, -0.2) is 0 Å². The summed E-state index contributed by atoms with van der Waals surface area (Å²) in [4.78, 5) is 15.3. The number of aromatic nitrogens is 2. The van der Waals surface area contributed by atoms with Gasteiger partial charge in [-0.05, 0) is 32.4 Å². The van der Waals surface area contributed by atoms with Crippen LogP contribution in [0.2, 0.25) is 0 Å². The van der Waals surface area contributed by atoms with E-state index in [0.29, 0.717) is 19.7 Å². The molecule has 100 valence electrons. The molecule has 1 aliphatic rings. The third-order valence-corrected chi connectivity index (χ3v) is 3.92. The molecule has 2 heterocycles. The molecule has 1 fully saturated rings. The fourth-order valence-corrected chi connectivity index (χ4v) is 2.54. The number of morpholine rings is 1. The van der Waals surface area contributed by atoms with Crippen LogP contribution < -0.4 is 5.32 Å². The summed E-state index contributed by atoms with van der Waals surface area (Å²) in [5.41, 5.74) is 0.103. The lowest BCUT2D eigenvalue weighted by molar-refractivity contribution is -0.155. The van der Waals surface area contributed by atoms with Gasteiger partial charge in [-0.2, -0.15) is 0 Å². The van der Waals surface area contributed by atoms with E-state index in [2.05, 4.69) is 19.8 Å². The molecular formula is C11H18N4O2S. The quantitative estimate of drug-likeness (QED) is 0.849. The van der Waals surface area contributed by atoms with Gasteiger partial charge in [-0.3, -0.25) is 4.79 Å². The molecule has 1 aromatic heterocycles. The molecule has 7 heteroatoms. The first-order chi connectivity index (χ1) is 8.51. The summed E-state index contributed by atoms with van der Waals surface area (Å²) in [5, 5.41) is 6.81. The molecule has 0 spiro atoms. The molecule has 1 unspecified atom stereocenters. The van der Waals surface area contributed by atoms with Crippen molar-refractivity contribution >= 4 is 17.4 Å². The fourth-order valence-electron chi connectivity index (χ4n) is 1.96. The molecule has 0 radical (unpaired) electrons. The number of carbonyl (C=O) groups excluding carboxylic acids is 1. The highest BCUT2D eigenvalue weighted by molar-refractivity contribution is 7.05. The Morgan fingerprint density at radius 1 is 1.67 bits per heavy atom. The van der Waals surface area contributed by atoms with Gasteiger partial charge in [0.05, 0.1) is 23.7 Å². The first-order valence-corrected chi connectivity index (χ1v) is 6.67. The lowest BCUT2D eigenvalue weighted by atomic mass is 10.0. The van der Waals surface area contributed by atoms with E-state index < -0.39 is 5.60 Å². The second-order valence-corrected chi connectivity index (χ2v) is 5.62. The molecule has 0 aliphatic carbocycles. The summed E-state index contributed by atoms with van der Waals surface area (Å²) < 4.78 is 9.46. The van der Waals surface area contributed by atoms with Gasteiger partial charge in [-0.15, -0.1) is 5.10 Å². The lowest BCUT2D eigenvalue weighted by Gasteiger charge is -2.37. The summed E-state index contributed by atoms with van der Waals surface area (Å²) in [6.07, 6.45) is 0. The highest BCUT2D eigenvalue weighted by atomic mass is 32.1. The topological polar surface area (TPSA) is 67.4 Å². The maximum Gasteiger partial charge on any atom is 0.253 e. The van der Waals surface area contributed by atoms with Crippen LogP contribution >= 0.6 is 11.5 Å². The molecule has 1 aliphatic heterocycles. The minimum atomic E-state index is -0.765. The highest BCUT2D eigenvalue weighted by Gasteiger charge is 2.38. The Balaban J connectivity index is 1.93. The number of ether oxygens (including phenoxy) is 1. The average molecular weight is 270 g/mol. The molecule has 0 bridgehead atoms. The summed E-state index contributed by atoms with van der Waals surface area (Å²) in [5.74, 6) is -0.0816. The van der Waals surface area contributed by atoms with Crippen LogP contribution in [0, 0.1) is 6.92 Å². The molecule has 6 nitrogen and oxygen atoms in total. The van der Waals surface area contributed by atoms with Crippen molar-refractivity contribution in [2.45, 2.75) is 26.0 Å². The zero-order valence-corrected chi connectivity index (χ0v) is 11.7. The Hall–Kier alpha value is -1.05. The highest BCUT2D eigenvalue weighted by Crippen LogP contribution is 2.17. The van der Waals surface area contributed by atoms with Gasteiger partial charge in [0.1, 0.15) is 0 Å². The van der Waals surface area contributed by atoms with E-state index in [0.717, 1.165) is 17.1 Å². The van der Waals surface area contributed by atoms with Crippen molar-refractivity contribution in [2.75, 3.05) is 26.7 Å². The molecule has 1 N–H and O–H groups in total. The Morgan fingerprint density at radius 3 is 3.06 bits per heavy atom. The summed E-state index contributed by atoms with van der Waals surface area (Å²) in [6, 6.07) is 0. The van der Waals surface area contributed by atoms with E-state index in [9.17, 15) is 4.79 Å². The van der Waals surface area contributed by atoms with Crippen LogP contribution in [-0.2, 0) is 16.1 Å². The third kappa shape index (κ3) is 2.85. The first kappa shape index (κ1) is 13.4. The SMILES string of the molecule is Cc1nnsc1CNC(=O)C1(C)CN(C)CCO1. The van der Waals surface area contributed by atoms with Gasteiger partial charge in [0.25, 0.3) is 5.91 Å². The third-order valence-electron chi connectivity index (χ3n) is 3.10. The number of aryl methyl sites for hydroxylation is 1. The van der Waals surface area contributed by atoms with E-state index in [1.807, 2.05) is 20.9 Å². The molecular weight excluding hydrogens is 252 g/mol. The Kier molecular flexibility index (Phi) is 3.94. The van der Waals surface area contributed by atoms with Crippen LogP contribution in [0.3, 0.4) is 0 Å². The maximum atomic E-state index is 12.2. The van der Waals surface area contributed by atoms with Crippen molar-refractivity contribution in [2.24, 2.45) is 0 Å². The molecule has 18 heavy (non-hydrogen) atoms. The van der Waals surface area contributed by atoms with Gasteiger partial charge in [-0.1, -0.05) is 4.49 Å². The molecule has 0 saturated carbocycles. The van der Waals surface area contributed by atoms with Crippen molar-refractivity contribution in [3.8, 4) is 0 Å². The number of amides is 1. The average Bonchev–Trinajstić information content (AvgIpc) is 2.71. The normalized spacial score (nSPS) is 25.1. The van der Waals surface area contributed by atoms with Crippen LogP contribution in [0.15, 0.2) is 0 Å². The molecule has 1 saturated heterocycles. The standard InChI is InChI=1S/C11H18N4O2S/c1-8-9(18-14-13-8)6-12-10(16)11(2)7-15(3)4-5-17-11/h4-7H2,1-3H3,(H,12,16). The fraction of sp³-hybridized carbons (Fsp3) is 0.727. The number of hydrogen-bond donors (Lipinski definition) is 1. The summed E-state index contributed by atoms with van der Waals surface area (Å²) in [6.45, 7) is 6.24. The van der Waals surface area contributed by atoms with Crippen molar-refractivity contribution in [3.63, 3.8) is 0 Å². The van der Waals surface area contributed by atoms with Gasteiger partial charge in [0, 0.05) is 13.1 Å². The lowest BCUT2D eigenvalue weighted by Crippen LogP contribution is -2.57. The molecule has 1 amide bonds. The zero-order chi connectivity index (χ0) is 13.2. The van der Waals surface area contributed by atoms with Gasteiger partial charge < -0.3 is 15.0 Å². The van der Waals surface area contributed by atoms with Crippen molar-refractivity contribution < 1.29 is 9.53 Å². The number of nitrogens with zero attached hydrogens (tertiary/aromatic N) is 3. The Morgan fingerprint density at radius 2 is 2.44 bits per heavy atom. The minimum Gasteiger partial charge on any atom is -0.363 e. The first-order valence-electron chi connectivity index (χ1n) is 5.90. The predicted octanol–water partition coefficient (Wildman–Crippen LogP) is 0.183. The number of hydrogen-bond acceptors (Lipinski definition) is 6. The molecule has 2 rings (SSSR count). The van der Waals surface area contributed by atoms with Gasteiger partial charge in [0.15, 0.2) is 5.60 Å². The van der Waals surface area contributed by atoms with Crippen LogP contribution in [0.4, 0.5) is 0 Å². The minimum absolute atomic E-state index is 0.0816. The molecule has 0 aromatic carbocycles. The second-order valence-electron chi connectivity index (χ2n) is 4.78. The van der Waals surface area contributed by atoms with E-state index in [1.54, 1.807) is 0 Å². The smallest absolute Gasteiger partial charge is 0.253 e. The van der Waals surface area contributed by atoms with E-state index in [1.165, 1.54) is 11.5 Å². The van der Waals surface area contributed by atoms with Crippen LogP contribution in [-0.4, -0.2) is 52.7 Å². The van der Waals surface area contributed by atoms with Crippen molar-refractivity contribution in [3.05, 3.63) is 10.6 Å². The molecule has 1 atom stereocenters. The summed E-state index contributed by atoms with van der Waals surface area (Å²) >= 11 is 1.31. The van der Waals surface area contributed by atoms with Crippen LogP contribution in [0.1, 0.15) is 17.5 Å². The van der Waals surface area contributed by atoms with Crippen molar-refractivity contribution in [1.29, 1.82) is 0 Å². The number of carbonyl (C=O) groups is 1. The Labute approximate surface area is 110 Å². The molecule has 1 aromatic rings. The monoisotopic (exact) mass is 270 g/mol.